The molecule has 1 nitrogen and oxygen atoms in total. The molecule has 0 aliphatic heterocycles. The first-order chi connectivity index (χ1) is 4.63. The lowest BCUT2D eigenvalue weighted by Crippen LogP contribution is -2.16. The van der Waals surface area contributed by atoms with Crippen molar-refractivity contribution in [3.8, 4) is 0 Å². The molecule has 2 atom stereocenters. The molecule has 0 bridgehead atoms. The van der Waals surface area contributed by atoms with E-state index in [2.05, 4.69) is 29.2 Å². The van der Waals surface area contributed by atoms with Crippen LogP contribution < -0.4 is 0 Å². The Morgan fingerprint density at radius 1 is 1.70 bits per heavy atom. The first-order valence-corrected chi connectivity index (χ1v) is 4.45. The van der Waals surface area contributed by atoms with E-state index in [4.69, 9.17) is 0 Å². The fourth-order valence-corrected chi connectivity index (χ4v) is 0.977. The number of hydrogen-bond acceptors (Lipinski definition) is 1. The zero-order valence-electron chi connectivity index (χ0n) is 6.34. The minimum Gasteiger partial charge on any atom is -0.388 e. The lowest BCUT2D eigenvalue weighted by atomic mass is 10.0. The topological polar surface area (TPSA) is 20.2 Å². The van der Waals surface area contributed by atoms with Gasteiger partial charge in [-0.1, -0.05) is 35.6 Å². The highest BCUT2D eigenvalue weighted by atomic mass is 127. The van der Waals surface area contributed by atoms with Crippen molar-refractivity contribution in [1.82, 2.24) is 0 Å². The van der Waals surface area contributed by atoms with Crippen molar-refractivity contribution >= 4 is 22.6 Å². The van der Waals surface area contributed by atoms with Crippen molar-refractivity contribution in [2.75, 3.05) is 0 Å². The van der Waals surface area contributed by atoms with Gasteiger partial charge in [-0.25, -0.2) is 0 Å². The summed E-state index contributed by atoms with van der Waals surface area (Å²) < 4.78 is 1.89. The van der Waals surface area contributed by atoms with Crippen molar-refractivity contribution in [2.45, 2.75) is 20.0 Å². The van der Waals surface area contributed by atoms with Gasteiger partial charge in [0.1, 0.15) is 0 Å². The summed E-state index contributed by atoms with van der Waals surface area (Å²) in [5, 5.41) is 9.44. The van der Waals surface area contributed by atoms with Gasteiger partial charge in [-0.3, -0.25) is 0 Å². The molecule has 0 saturated carbocycles. The standard InChI is InChI=1S/C8H13IO/c1-4-6(2)8(10)7(3)5-9/h4-6,8,10H,1H2,2-3H3/b7-5+/t6-,8-/m1/s1. The molecular formula is C8H13IO. The highest BCUT2D eigenvalue weighted by Crippen LogP contribution is 2.13. The minimum absolute atomic E-state index is 0.144. The Morgan fingerprint density at radius 2 is 2.20 bits per heavy atom. The predicted octanol–water partition coefficient (Wildman–Crippen LogP) is 2.51. The molecule has 0 rings (SSSR count). The molecule has 0 spiro atoms. The smallest absolute Gasteiger partial charge is 0.0814 e. The SMILES string of the molecule is C=C[C@@H](C)[C@@H](O)/C(C)=C/I. The number of hydrogen-bond donors (Lipinski definition) is 1. The van der Waals surface area contributed by atoms with Gasteiger partial charge in [-0.2, -0.15) is 0 Å². The van der Waals surface area contributed by atoms with Crippen LogP contribution in [0.1, 0.15) is 13.8 Å². The van der Waals surface area contributed by atoms with Gasteiger partial charge in [0.25, 0.3) is 0 Å². The number of aliphatic hydroxyl groups is 1. The average Bonchev–Trinajstić information content (AvgIpc) is 2.00. The van der Waals surface area contributed by atoms with Gasteiger partial charge in [-0.15, -0.1) is 6.58 Å². The van der Waals surface area contributed by atoms with Gasteiger partial charge in [-0.05, 0) is 16.6 Å². The summed E-state index contributed by atoms with van der Waals surface area (Å²) in [5.74, 6) is 0.144. The average molecular weight is 252 g/mol. The second-order valence-electron chi connectivity index (χ2n) is 2.39. The Kier molecular flexibility index (Phi) is 4.99. The molecule has 0 saturated heterocycles. The third-order valence-corrected chi connectivity index (χ3v) is 2.49. The van der Waals surface area contributed by atoms with Crippen LogP contribution in [0, 0.1) is 5.92 Å². The zero-order chi connectivity index (χ0) is 8.15. The van der Waals surface area contributed by atoms with Crippen molar-refractivity contribution in [3.63, 3.8) is 0 Å². The van der Waals surface area contributed by atoms with E-state index in [1.54, 1.807) is 6.08 Å². The maximum atomic E-state index is 9.44. The summed E-state index contributed by atoms with van der Waals surface area (Å²) in [4.78, 5) is 0. The fourth-order valence-electron chi connectivity index (χ4n) is 0.608. The van der Waals surface area contributed by atoms with Crippen LogP contribution in [0.5, 0.6) is 0 Å². The van der Waals surface area contributed by atoms with Crippen LogP contribution in [0.15, 0.2) is 22.3 Å². The van der Waals surface area contributed by atoms with Crippen molar-refractivity contribution < 1.29 is 5.11 Å². The van der Waals surface area contributed by atoms with E-state index in [0.717, 1.165) is 5.57 Å². The van der Waals surface area contributed by atoms with E-state index >= 15 is 0 Å². The summed E-state index contributed by atoms with van der Waals surface area (Å²) in [6, 6.07) is 0. The van der Waals surface area contributed by atoms with E-state index in [1.165, 1.54) is 0 Å². The van der Waals surface area contributed by atoms with Crippen LogP contribution in [-0.4, -0.2) is 11.2 Å². The molecule has 0 fully saturated rings. The molecular weight excluding hydrogens is 239 g/mol. The maximum Gasteiger partial charge on any atom is 0.0814 e. The first-order valence-electron chi connectivity index (χ1n) is 3.21. The maximum absolute atomic E-state index is 9.44. The lowest BCUT2D eigenvalue weighted by Gasteiger charge is -2.14. The van der Waals surface area contributed by atoms with Crippen molar-refractivity contribution in [2.24, 2.45) is 5.92 Å². The molecule has 58 valence electrons. The lowest BCUT2D eigenvalue weighted by molar-refractivity contribution is 0.174. The highest BCUT2D eigenvalue weighted by Gasteiger charge is 2.11. The third-order valence-electron chi connectivity index (χ3n) is 1.51. The van der Waals surface area contributed by atoms with Gasteiger partial charge in [0.15, 0.2) is 0 Å². The van der Waals surface area contributed by atoms with Crippen LogP contribution >= 0.6 is 22.6 Å². The predicted molar refractivity (Wildman–Crippen MR) is 53.1 cm³/mol. The van der Waals surface area contributed by atoms with Crippen molar-refractivity contribution in [1.29, 1.82) is 0 Å². The van der Waals surface area contributed by atoms with Crippen LogP contribution in [0.3, 0.4) is 0 Å². The Labute approximate surface area is 76.0 Å². The van der Waals surface area contributed by atoms with Crippen molar-refractivity contribution in [3.05, 3.63) is 22.3 Å². The third kappa shape index (κ3) is 2.84. The quantitative estimate of drug-likeness (QED) is 0.604. The molecule has 0 unspecified atom stereocenters. The summed E-state index contributed by atoms with van der Waals surface area (Å²) in [5.41, 5.74) is 0.994. The molecule has 0 aliphatic rings. The Balaban J connectivity index is 4.06. The van der Waals surface area contributed by atoms with E-state index < -0.39 is 0 Å². The van der Waals surface area contributed by atoms with Crippen LogP contribution in [0.4, 0.5) is 0 Å². The van der Waals surface area contributed by atoms with Gasteiger partial charge in [0.2, 0.25) is 0 Å². The normalized spacial score (nSPS) is 18.2. The molecule has 0 aliphatic carbocycles. The monoisotopic (exact) mass is 252 g/mol. The molecule has 0 aromatic heterocycles. The summed E-state index contributed by atoms with van der Waals surface area (Å²) in [6.45, 7) is 7.47. The van der Waals surface area contributed by atoms with E-state index in [-0.39, 0.29) is 12.0 Å². The largest absolute Gasteiger partial charge is 0.388 e. The van der Waals surface area contributed by atoms with Gasteiger partial charge in [0, 0.05) is 5.92 Å². The van der Waals surface area contributed by atoms with E-state index in [9.17, 15) is 5.11 Å². The van der Waals surface area contributed by atoms with E-state index in [0.29, 0.717) is 0 Å². The molecule has 0 aromatic carbocycles. The van der Waals surface area contributed by atoms with Gasteiger partial charge in [0.05, 0.1) is 6.10 Å². The van der Waals surface area contributed by atoms with Gasteiger partial charge >= 0.3 is 0 Å². The number of aliphatic hydroxyl groups excluding tert-OH is 1. The van der Waals surface area contributed by atoms with Crippen LogP contribution in [0.25, 0.3) is 0 Å². The fraction of sp³-hybridized carbons (Fsp3) is 0.500. The molecule has 2 heteroatoms. The molecule has 0 amide bonds. The molecule has 1 N–H and O–H groups in total. The van der Waals surface area contributed by atoms with Gasteiger partial charge < -0.3 is 5.11 Å². The molecule has 0 radical (unpaired) electrons. The van der Waals surface area contributed by atoms with Crippen LogP contribution in [0.2, 0.25) is 0 Å². The minimum atomic E-state index is -0.366. The molecule has 0 aromatic rings. The Bertz CT molecular complexity index is 140. The molecule has 10 heavy (non-hydrogen) atoms. The second-order valence-corrected chi connectivity index (χ2v) is 3.02. The Morgan fingerprint density at radius 3 is 2.50 bits per heavy atom. The Hall–Kier alpha value is 0.170. The summed E-state index contributed by atoms with van der Waals surface area (Å²) in [7, 11) is 0. The number of rotatable bonds is 3. The zero-order valence-corrected chi connectivity index (χ0v) is 8.50. The molecule has 0 heterocycles. The highest BCUT2D eigenvalue weighted by molar-refractivity contribution is 14.1. The summed E-state index contributed by atoms with van der Waals surface area (Å²) >= 11 is 2.12. The number of halogens is 1. The summed E-state index contributed by atoms with van der Waals surface area (Å²) in [6.07, 6.45) is 1.39. The first kappa shape index (κ1) is 10.2. The van der Waals surface area contributed by atoms with E-state index in [1.807, 2.05) is 17.9 Å². The van der Waals surface area contributed by atoms with Crippen LogP contribution in [-0.2, 0) is 0 Å². The second kappa shape index (κ2) is 4.91.